The van der Waals surface area contributed by atoms with Crippen molar-refractivity contribution in [3.05, 3.63) is 81.9 Å². The normalized spacial score (nSPS) is 13.0. The molecule has 0 bridgehead atoms. The van der Waals surface area contributed by atoms with Gasteiger partial charge in [-0.1, -0.05) is 42.5 Å². The summed E-state index contributed by atoms with van der Waals surface area (Å²) in [4.78, 5) is 23.6. The molecule has 0 fully saturated rings. The van der Waals surface area contributed by atoms with Crippen LogP contribution in [0.25, 0.3) is 10.8 Å². The number of allylic oxidation sites excluding steroid dienone is 1. The number of anilines is 1. The van der Waals surface area contributed by atoms with Gasteiger partial charge in [-0.2, -0.15) is 0 Å². The van der Waals surface area contributed by atoms with Crippen LogP contribution in [0.5, 0.6) is 5.75 Å². The molecule has 3 N–H and O–H groups in total. The molecule has 0 radical (unpaired) electrons. The minimum absolute atomic E-state index is 0.0264. The van der Waals surface area contributed by atoms with Crippen LogP contribution in [-0.4, -0.2) is 35.5 Å². The summed E-state index contributed by atoms with van der Waals surface area (Å²) < 4.78 is 12.2. The van der Waals surface area contributed by atoms with E-state index in [0.717, 1.165) is 20.4 Å². The molecule has 0 saturated heterocycles. The van der Waals surface area contributed by atoms with Crippen molar-refractivity contribution in [2.24, 2.45) is 0 Å². The number of phenolic OH excluding ortho intramolecular Hbond substituents is 1. The second-order valence-electron chi connectivity index (χ2n) is 7.27. The van der Waals surface area contributed by atoms with Crippen LogP contribution >= 0.6 is 22.6 Å². The number of rotatable bonds is 9. The number of phenols is 1. The van der Waals surface area contributed by atoms with Crippen LogP contribution in [0.2, 0.25) is 0 Å². The van der Waals surface area contributed by atoms with Crippen LogP contribution in [-0.2, 0) is 14.3 Å². The van der Waals surface area contributed by atoms with Crippen LogP contribution < -0.4 is 5.32 Å². The molecule has 0 heterocycles. The Hall–Kier alpha value is -3.11. The molecular formula is C25H24INO6. The predicted molar refractivity (Wildman–Crippen MR) is 134 cm³/mol. The lowest BCUT2D eigenvalue weighted by Gasteiger charge is -2.27. The molecule has 0 aromatic heterocycles. The van der Waals surface area contributed by atoms with Gasteiger partial charge in [0.15, 0.2) is 6.10 Å². The Balaban J connectivity index is 1.85. The van der Waals surface area contributed by atoms with E-state index in [1.54, 1.807) is 18.2 Å². The van der Waals surface area contributed by atoms with E-state index in [4.69, 9.17) is 14.6 Å². The summed E-state index contributed by atoms with van der Waals surface area (Å²) in [6.45, 7) is 0. The van der Waals surface area contributed by atoms with Gasteiger partial charge in [-0.25, -0.2) is 9.59 Å². The number of nitrogens with one attached hydrogen (secondary N) is 1. The van der Waals surface area contributed by atoms with Crippen LogP contribution in [0, 0.1) is 3.57 Å². The number of carbonyl (C=O) groups excluding carboxylic acids is 1. The molecular weight excluding hydrogens is 537 g/mol. The summed E-state index contributed by atoms with van der Waals surface area (Å²) in [5.41, 5.74) is 1.01. The zero-order valence-electron chi connectivity index (χ0n) is 17.9. The fraction of sp³-hybridized carbons (Fsp3) is 0.200. The number of fused-ring (bicyclic) bond motifs is 1. The molecule has 3 rings (SSSR count). The average Bonchev–Trinajstić information content (AvgIpc) is 2.80. The molecule has 33 heavy (non-hydrogen) atoms. The van der Waals surface area contributed by atoms with Crippen LogP contribution in [0.4, 0.5) is 10.5 Å². The Morgan fingerprint density at radius 3 is 2.64 bits per heavy atom. The van der Waals surface area contributed by atoms with E-state index in [2.05, 4.69) is 27.9 Å². The first-order valence-corrected chi connectivity index (χ1v) is 11.3. The zero-order valence-corrected chi connectivity index (χ0v) is 20.1. The zero-order chi connectivity index (χ0) is 23.8. The van der Waals surface area contributed by atoms with Crippen LogP contribution in [0.15, 0.2) is 72.8 Å². The summed E-state index contributed by atoms with van der Waals surface area (Å²) in [6.07, 6.45) is 1.09. The highest BCUT2D eigenvalue weighted by Gasteiger charge is 2.29. The summed E-state index contributed by atoms with van der Waals surface area (Å²) in [7, 11) is 1.48. The predicted octanol–water partition coefficient (Wildman–Crippen LogP) is 5.88. The maximum atomic E-state index is 12.9. The third-order valence-electron chi connectivity index (χ3n) is 5.08. The molecule has 0 aliphatic heterocycles. The van der Waals surface area contributed by atoms with Gasteiger partial charge in [-0.05, 0) is 65.1 Å². The van der Waals surface area contributed by atoms with Crippen LogP contribution in [0.1, 0.15) is 24.5 Å². The van der Waals surface area contributed by atoms with E-state index < -0.39 is 24.3 Å². The minimum Gasteiger partial charge on any atom is -0.508 e. The number of benzene rings is 3. The number of amides is 1. The maximum Gasteiger partial charge on any atom is 0.412 e. The molecule has 3 aromatic carbocycles. The van der Waals surface area contributed by atoms with Gasteiger partial charge in [0, 0.05) is 27.7 Å². The smallest absolute Gasteiger partial charge is 0.412 e. The van der Waals surface area contributed by atoms with Crippen molar-refractivity contribution in [1.82, 2.24) is 0 Å². The Kier molecular flexibility index (Phi) is 8.67. The number of aromatic hydroxyl groups is 1. The molecule has 3 aromatic rings. The third-order valence-corrected chi connectivity index (χ3v) is 5.75. The molecule has 0 spiro atoms. The third kappa shape index (κ3) is 6.69. The molecule has 0 aliphatic rings. The number of carboxylic acid groups (broad SMARTS) is 1. The lowest BCUT2D eigenvalue weighted by Crippen LogP contribution is -2.28. The van der Waals surface area contributed by atoms with E-state index in [0.29, 0.717) is 24.1 Å². The molecule has 0 saturated carbocycles. The number of carbonyl (C=O) groups is 2. The van der Waals surface area contributed by atoms with Crippen LogP contribution in [0.3, 0.4) is 0 Å². The highest BCUT2D eigenvalue weighted by Crippen LogP contribution is 2.34. The maximum absolute atomic E-state index is 12.9. The SMILES string of the molecule is CO[C@H](CC/C=C/C(=O)O)[C@H](OC(=O)Nc1cccc2ccccc12)c1cc(I)ccc1O. The second-order valence-corrected chi connectivity index (χ2v) is 8.52. The fourth-order valence-corrected chi connectivity index (χ4v) is 4.03. The summed E-state index contributed by atoms with van der Waals surface area (Å²) in [6, 6.07) is 18.2. The van der Waals surface area contributed by atoms with Gasteiger partial charge in [0.2, 0.25) is 0 Å². The lowest BCUT2D eigenvalue weighted by molar-refractivity contribution is -0.131. The Labute approximate surface area is 205 Å². The summed E-state index contributed by atoms with van der Waals surface area (Å²) in [5, 5.41) is 23.9. The molecule has 1 amide bonds. The number of halogens is 1. The topological polar surface area (TPSA) is 105 Å². The van der Waals surface area contributed by atoms with Crippen molar-refractivity contribution >= 4 is 51.1 Å². The van der Waals surface area contributed by atoms with Gasteiger partial charge in [0.25, 0.3) is 0 Å². The monoisotopic (exact) mass is 561 g/mol. The number of ether oxygens (including phenoxy) is 2. The second kappa shape index (κ2) is 11.7. The van der Waals surface area contributed by atoms with E-state index in [1.165, 1.54) is 19.3 Å². The van der Waals surface area contributed by atoms with Crippen molar-refractivity contribution in [3.8, 4) is 5.75 Å². The molecule has 172 valence electrons. The number of carboxylic acids is 1. The van der Waals surface area contributed by atoms with Gasteiger partial charge in [0.05, 0.1) is 11.8 Å². The number of hydrogen-bond acceptors (Lipinski definition) is 5. The Morgan fingerprint density at radius 1 is 1.12 bits per heavy atom. The molecule has 2 atom stereocenters. The van der Waals surface area contributed by atoms with Crippen molar-refractivity contribution in [1.29, 1.82) is 0 Å². The van der Waals surface area contributed by atoms with Gasteiger partial charge in [-0.15, -0.1) is 0 Å². The van der Waals surface area contributed by atoms with Crippen molar-refractivity contribution in [3.63, 3.8) is 0 Å². The average molecular weight is 561 g/mol. The van der Waals surface area contributed by atoms with Gasteiger partial charge < -0.3 is 19.7 Å². The largest absolute Gasteiger partial charge is 0.508 e. The first-order valence-electron chi connectivity index (χ1n) is 10.2. The van der Waals surface area contributed by atoms with Gasteiger partial charge in [-0.3, -0.25) is 5.32 Å². The Bertz CT molecular complexity index is 1160. The van der Waals surface area contributed by atoms with Crippen molar-refractivity contribution < 1.29 is 29.3 Å². The highest BCUT2D eigenvalue weighted by molar-refractivity contribution is 14.1. The van der Waals surface area contributed by atoms with E-state index in [-0.39, 0.29) is 5.75 Å². The Morgan fingerprint density at radius 2 is 1.88 bits per heavy atom. The number of hydrogen-bond donors (Lipinski definition) is 3. The van der Waals surface area contributed by atoms with E-state index >= 15 is 0 Å². The van der Waals surface area contributed by atoms with Crippen molar-refractivity contribution in [2.45, 2.75) is 25.0 Å². The summed E-state index contributed by atoms with van der Waals surface area (Å²) >= 11 is 2.11. The molecule has 0 aliphatic carbocycles. The fourth-order valence-electron chi connectivity index (χ4n) is 3.52. The molecule has 7 nitrogen and oxygen atoms in total. The quantitative estimate of drug-likeness (QED) is 0.223. The first-order chi connectivity index (χ1) is 15.9. The highest BCUT2D eigenvalue weighted by atomic mass is 127. The molecule has 0 unspecified atom stereocenters. The van der Waals surface area contributed by atoms with E-state index in [1.807, 2.05) is 36.4 Å². The van der Waals surface area contributed by atoms with Gasteiger partial charge in [0.1, 0.15) is 5.75 Å². The molecule has 8 heteroatoms. The lowest BCUT2D eigenvalue weighted by atomic mass is 9.99. The number of methoxy groups -OCH3 is 1. The van der Waals surface area contributed by atoms with Gasteiger partial charge >= 0.3 is 12.1 Å². The summed E-state index contributed by atoms with van der Waals surface area (Å²) in [5.74, 6) is -1.07. The number of aliphatic carboxylic acids is 1. The first kappa shape index (κ1) is 24.5. The van der Waals surface area contributed by atoms with E-state index in [9.17, 15) is 14.7 Å². The van der Waals surface area contributed by atoms with Crippen molar-refractivity contribution in [2.75, 3.05) is 12.4 Å². The standard InChI is InChI=1S/C25H24INO6/c1-32-22(11-4-5-12-23(29)30)24(19-15-17(26)13-14-21(19)28)33-25(31)27-20-10-6-8-16-7-2-3-9-18(16)20/h2-3,5-10,12-15,22,24,28H,4,11H2,1H3,(H,27,31)(H,29,30)/b12-5+/t22-,24-/m1/s1. The minimum atomic E-state index is -1.04.